The molecule has 0 spiro atoms. The minimum absolute atomic E-state index is 0.0445. The van der Waals surface area contributed by atoms with Gasteiger partial charge in [-0.3, -0.25) is 19.4 Å². The van der Waals surface area contributed by atoms with Crippen LogP contribution in [0.15, 0.2) is 30.9 Å². The zero-order chi connectivity index (χ0) is 38.2. The number of amides is 1. The van der Waals surface area contributed by atoms with Gasteiger partial charge in [0.15, 0.2) is 0 Å². The SMILES string of the molecule is C=CC1=C(C)c2cc3nc(c(CC(=O)N[C@@H](CC(=O)O)C(=O)O)c4[nH]c(cc5[nH]c(cc1n2)c(C)c5CC)c(C)c4C(=O)O)[C@@H](CCC(=O)O)[C@@H]3C. The molecule has 0 saturated heterocycles. The van der Waals surface area contributed by atoms with E-state index in [1.54, 1.807) is 25.1 Å². The number of nitrogens with zero attached hydrogens (tertiary/aromatic N) is 2. The van der Waals surface area contributed by atoms with Crippen LogP contribution < -0.4 is 5.32 Å². The maximum absolute atomic E-state index is 13.6. The van der Waals surface area contributed by atoms with Gasteiger partial charge in [-0.1, -0.05) is 26.5 Å². The molecule has 1 amide bonds. The summed E-state index contributed by atoms with van der Waals surface area (Å²) >= 11 is 0. The van der Waals surface area contributed by atoms with Gasteiger partial charge in [-0.05, 0) is 74.1 Å². The van der Waals surface area contributed by atoms with Crippen LogP contribution in [0.1, 0.15) is 107 Å². The number of aromatic carboxylic acids is 1. The van der Waals surface area contributed by atoms with Crippen molar-refractivity contribution >= 4 is 63.0 Å². The number of allylic oxidation sites excluding steroid dienone is 3. The van der Waals surface area contributed by atoms with E-state index in [9.17, 15) is 44.4 Å². The Morgan fingerprint density at radius 3 is 2.19 bits per heavy atom. The highest BCUT2D eigenvalue weighted by atomic mass is 16.4. The Hall–Kier alpha value is -6.05. The van der Waals surface area contributed by atoms with Gasteiger partial charge in [-0.2, -0.15) is 0 Å². The number of aromatic nitrogens is 4. The molecule has 2 aliphatic rings. The number of fused-ring (bicyclic) bond motifs is 8. The van der Waals surface area contributed by atoms with Crippen molar-refractivity contribution in [2.45, 2.75) is 84.6 Å². The Balaban J connectivity index is 1.96. The van der Waals surface area contributed by atoms with Crippen molar-refractivity contribution in [3.05, 3.63) is 81.4 Å². The number of carboxylic acids is 4. The van der Waals surface area contributed by atoms with Gasteiger partial charge >= 0.3 is 23.9 Å². The van der Waals surface area contributed by atoms with Crippen molar-refractivity contribution in [1.29, 1.82) is 0 Å². The van der Waals surface area contributed by atoms with Crippen molar-refractivity contribution in [2.24, 2.45) is 0 Å². The molecule has 0 unspecified atom stereocenters. The highest BCUT2D eigenvalue weighted by Crippen LogP contribution is 2.43. The summed E-state index contributed by atoms with van der Waals surface area (Å²) in [6, 6.07) is 3.77. The van der Waals surface area contributed by atoms with Crippen LogP contribution in [0.3, 0.4) is 0 Å². The van der Waals surface area contributed by atoms with Crippen LogP contribution in [-0.4, -0.2) is 76.2 Å². The summed E-state index contributed by atoms with van der Waals surface area (Å²) in [7, 11) is 0. The molecule has 8 bridgehead atoms. The molecule has 0 aliphatic carbocycles. The van der Waals surface area contributed by atoms with E-state index in [-0.39, 0.29) is 35.2 Å². The molecular weight excluding hydrogens is 670 g/mol. The molecule has 0 fully saturated rings. The number of carboxylic acid groups (broad SMARTS) is 4. The first kappa shape index (κ1) is 37.2. The molecule has 272 valence electrons. The third kappa shape index (κ3) is 7.09. The average molecular weight is 712 g/mol. The second-order valence-corrected chi connectivity index (χ2v) is 13.1. The summed E-state index contributed by atoms with van der Waals surface area (Å²) in [6.45, 7) is 13.4. The normalized spacial score (nSPS) is 16.0. The first-order valence-electron chi connectivity index (χ1n) is 16.8. The standard InChI is InChI=1S/C38H41N5O9/c1-7-20-16(3)24-12-26-18(5)22(9-10-32(45)46)35(42-26)23(11-31(44)41-30(37(49)50)15-33(47)48)36-34(38(51)52)19(6)27(43-36)14-29-21(8-2)17(4)25(40-29)13-28(20)39-24/h7,12-14,18,22,30,40,43H,1,8-11,15H2,2-6H3,(H,41,44)(H,45,46)(H,47,48)(H,49,50)(H,51,52)/t18-,22-,30-/m0/s1. The maximum Gasteiger partial charge on any atom is 0.338 e. The van der Waals surface area contributed by atoms with Gasteiger partial charge in [-0.25, -0.2) is 14.6 Å². The molecule has 14 nitrogen and oxygen atoms in total. The molecule has 0 aromatic carbocycles. The largest absolute Gasteiger partial charge is 0.481 e. The smallest absolute Gasteiger partial charge is 0.338 e. The van der Waals surface area contributed by atoms with Crippen LogP contribution in [-0.2, 0) is 32.0 Å². The van der Waals surface area contributed by atoms with E-state index in [0.29, 0.717) is 34.6 Å². The highest BCUT2D eigenvalue weighted by Gasteiger charge is 2.34. The van der Waals surface area contributed by atoms with Gasteiger partial charge < -0.3 is 35.7 Å². The fourth-order valence-electron chi connectivity index (χ4n) is 7.16. The van der Waals surface area contributed by atoms with Crippen LogP contribution in [0.2, 0.25) is 0 Å². The van der Waals surface area contributed by atoms with Crippen molar-refractivity contribution in [2.75, 3.05) is 0 Å². The van der Waals surface area contributed by atoms with Gasteiger partial charge in [-0.15, -0.1) is 0 Å². The third-order valence-corrected chi connectivity index (χ3v) is 9.97. The van der Waals surface area contributed by atoms with E-state index in [1.807, 2.05) is 33.8 Å². The molecule has 3 aromatic rings. The summed E-state index contributed by atoms with van der Waals surface area (Å²) in [5, 5.41) is 41.4. The number of H-pyrrole nitrogens is 2. The second-order valence-electron chi connectivity index (χ2n) is 13.1. The first-order chi connectivity index (χ1) is 24.6. The number of hydrogen-bond acceptors (Lipinski definition) is 7. The molecule has 52 heavy (non-hydrogen) atoms. The van der Waals surface area contributed by atoms with E-state index >= 15 is 0 Å². The Morgan fingerprint density at radius 1 is 0.904 bits per heavy atom. The number of aliphatic carboxylic acids is 3. The summed E-state index contributed by atoms with van der Waals surface area (Å²) in [5.41, 5.74) is 8.00. The molecule has 3 atom stereocenters. The van der Waals surface area contributed by atoms with E-state index in [1.165, 1.54) is 0 Å². The van der Waals surface area contributed by atoms with Gasteiger partial charge in [0.05, 0.1) is 41.0 Å². The summed E-state index contributed by atoms with van der Waals surface area (Å²) < 4.78 is 0. The predicted octanol–water partition coefficient (Wildman–Crippen LogP) is 5.65. The second kappa shape index (κ2) is 14.7. The topological polar surface area (TPSA) is 236 Å². The van der Waals surface area contributed by atoms with Crippen molar-refractivity contribution < 1.29 is 44.4 Å². The number of carbonyl (C=O) groups is 5. The molecule has 2 aliphatic heterocycles. The Labute approximate surface area is 298 Å². The van der Waals surface area contributed by atoms with Crippen molar-refractivity contribution in [3.8, 4) is 0 Å². The monoisotopic (exact) mass is 711 g/mol. The van der Waals surface area contributed by atoms with Gasteiger partial charge in [0.1, 0.15) is 6.04 Å². The lowest BCUT2D eigenvalue weighted by molar-refractivity contribution is -0.147. The highest BCUT2D eigenvalue weighted by molar-refractivity contribution is 6.03. The summed E-state index contributed by atoms with van der Waals surface area (Å²) in [4.78, 5) is 78.3. The third-order valence-electron chi connectivity index (χ3n) is 9.97. The lowest BCUT2D eigenvalue weighted by atomic mass is 9.85. The summed E-state index contributed by atoms with van der Waals surface area (Å²) in [6.07, 6.45) is 0.734. The van der Waals surface area contributed by atoms with E-state index in [0.717, 1.165) is 33.3 Å². The molecule has 0 saturated carbocycles. The van der Waals surface area contributed by atoms with Gasteiger partial charge in [0, 0.05) is 51.6 Å². The van der Waals surface area contributed by atoms with E-state index in [4.69, 9.17) is 9.97 Å². The fraction of sp³-hybridized carbons (Fsp3) is 0.342. The minimum atomic E-state index is -1.76. The van der Waals surface area contributed by atoms with Crippen LogP contribution >= 0.6 is 0 Å². The number of nitrogens with one attached hydrogen (secondary N) is 3. The van der Waals surface area contributed by atoms with Crippen LogP contribution in [0.4, 0.5) is 0 Å². The van der Waals surface area contributed by atoms with Crippen LogP contribution in [0, 0.1) is 13.8 Å². The van der Waals surface area contributed by atoms with E-state index in [2.05, 4.69) is 21.9 Å². The number of carbonyl (C=O) groups excluding carboxylic acids is 1. The lowest BCUT2D eigenvalue weighted by Gasteiger charge is -2.18. The zero-order valence-electron chi connectivity index (χ0n) is 29.5. The maximum atomic E-state index is 13.6. The Morgan fingerprint density at radius 2 is 1.60 bits per heavy atom. The molecular formula is C38H41N5O9. The number of hydrogen-bond donors (Lipinski definition) is 7. The number of rotatable bonds is 12. The van der Waals surface area contributed by atoms with Gasteiger partial charge in [0.2, 0.25) is 5.91 Å². The molecule has 5 heterocycles. The van der Waals surface area contributed by atoms with Crippen molar-refractivity contribution in [1.82, 2.24) is 25.3 Å². The molecule has 14 heteroatoms. The Kier molecular flexibility index (Phi) is 10.5. The summed E-state index contributed by atoms with van der Waals surface area (Å²) in [5.74, 6) is -7.27. The van der Waals surface area contributed by atoms with Crippen LogP contribution in [0.5, 0.6) is 0 Å². The lowest BCUT2D eigenvalue weighted by Crippen LogP contribution is -2.43. The molecule has 7 N–H and O–H groups in total. The molecule has 5 rings (SSSR count). The zero-order valence-corrected chi connectivity index (χ0v) is 29.5. The fourth-order valence-corrected chi connectivity index (χ4v) is 7.16. The van der Waals surface area contributed by atoms with Crippen molar-refractivity contribution in [3.63, 3.8) is 0 Å². The Bertz CT molecular complexity index is 2240. The quantitative estimate of drug-likeness (QED) is 0.121. The predicted molar refractivity (Wildman–Crippen MR) is 193 cm³/mol. The molecule has 0 radical (unpaired) electrons. The number of aryl methyl sites for hydroxylation is 3. The minimum Gasteiger partial charge on any atom is -0.481 e. The van der Waals surface area contributed by atoms with Gasteiger partial charge in [0.25, 0.3) is 0 Å². The van der Waals surface area contributed by atoms with Crippen LogP contribution in [0.25, 0.3) is 33.2 Å². The first-order valence-corrected chi connectivity index (χ1v) is 16.8. The average Bonchev–Trinajstić information content (AvgIpc) is 3.74. The molecule has 3 aromatic heterocycles. The van der Waals surface area contributed by atoms with E-state index < -0.39 is 60.5 Å². The number of aromatic amines is 2.